The van der Waals surface area contributed by atoms with E-state index in [-0.39, 0.29) is 29.4 Å². The van der Waals surface area contributed by atoms with Crippen LogP contribution in [0.15, 0.2) is 53.3 Å². The van der Waals surface area contributed by atoms with Gasteiger partial charge in [-0.3, -0.25) is 13.9 Å². The monoisotopic (exact) mass is 443 g/mol. The lowest BCUT2D eigenvalue weighted by molar-refractivity contribution is -0.116. The Balaban J connectivity index is 1.62. The Bertz CT molecular complexity index is 1230. The summed E-state index contributed by atoms with van der Waals surface area (Å²) in [6, 6.07) is 11.5. The van der Waals surface area contributed by atoms with E-state index in [4.69, 9.17) is 4.74 Å². The van der Waals surface area contributed by atoms with Gasteiger partial charge in [0.1, 0.15) is 6.54 Å². The molecule has 1 aromatic heterocycles. The fourth-order valence-electron chi connectivity index (χ4n) is 3.95. The van der Waals surface area contributed by atoms with E-state index in [1.165, 1.54) is 29.9 Å². The van der Waals surface area contributed by atoms with E-state index in [1.54, 1.807) is 10.6 Å². The number of methoxy groups -OCH3 is 1. The van der Waals surface area contributed by atoms with E-state index in [0.717, 1.165) is 36.9 Å². The Labute approximate surface area is 182 Å². The minimum absolute atomic E-state index is 0.114. The van der Waals surface area contributed by atoms with Crippen molar-refractivity contribution in [3.8, 4) is 11.5 Å². The molecule has 4 rings (SSSR count). The molecule has 0 saturated heterocycles. The summed E-state index contributed by atoms with van der Waals surface area (Å²) in [5, 5.41) is 2.63. The van der Waals surface area contributed by atoms with E-state index in [0.29, 0.717) is 5.52 Å². The number of alkyl halides is 2. The van der Waals surface area contributed by atoms with Gasteiger partial charge in [0.2, 0.25) is 5.91 Å². The van der Waals surface area contributed by atoms with Crippen LogP contribution in [-0.2, 0) is 11.3 Å². The molecule has 0 atom stereocenters. The maximum Gasteiger partial charge on any atom is 0.387 e. The highest BCUT2D eigenvalue weighted by molar-refractivity contribution is 5.92. The Morgan fingerprint density at radius 2 is 1.91 bits per heavy atom. The van der Waals surface area contributed by atoms with Crippen molar-refractivity contribution in [1.29, 1.82) is 0 Å². The van der Waals surface area contributed by atoms with Crippen LogP contribution >= 0.6 is 0 Å². The molecule has 0 bridgehead atoms. The second-order valence-electron chi connectivity index (χ2n) is 7.43. The number of halogens is 2. The number of imidazole rings is 1. The second-order valence-corrected chi connectivity index (χ2v) is 7.43. The molecule has 2 aromatic carbocycles. The Kier molecular flexibility index (Phi) is 6.25. The van der Waals surface area contributed by atoms with E-state index in [1.807, 2.05) is 18.2 Å². The number of allylic oxidation sites excluding steroid dienone is 2. The van der Waals surface area contributed by atoms with Crippen LogP contribution in [-0.4, -0.2) is 28.8 Å². The number of rotatable bonds is 7. The summed E-state index contributed by atoms with van der Waals surface area (Å²) in [6.07, 6.45) is 5.90. The Morgan fingerprint density at radius 3 is 2.59 bits per heavy atom. The van der Waals surface area contributed by atoms with Gasteiger partial charge in [0.05, 0.1) is 18.1 Å². The third-order valence-electron chi connectivity index (χ3n) is 5.35. The van der Waals surface area contributed by atoms with Crippen LogP contribution in [0.2, 0.25) is 0 Å². The summed E-state index contributed by atoms with van der Waals surface area (Å²) in [5.74, 6) is -0.553. The fraction of sp³-hybridized carbons (Fsp3) is 0.304. The minimum atomic E-state index is -3.03. The van der Waals surface area contributed by atoms with Crippen molar-refractivity contribution >= 4 is 28.3 Å². The summed E-state index contributed by atoms with van der Waals surface area (Å²) in [4.78, 5) is 26.0. The quantitative estimate of drug-likeness (QED) is 0.585. The number of hydrogen-bond acceptors (Lipinski definition) is 4. The lowest BCUT2D eigenvalue weighted by Crippen LogP contribution is -2.29. The lowest BCUT2D eigenvalue weighted by Gasteiger charge is -2.13. The molecule has 1 aliphatic carbocycles. The summed E-state index contributed by atoms with van der Waals surface area (Å²) in [7, 11) is 1.33. The molecule has 0 radical (unpaired) electrons. The number of anilines is 1. The highest BCUT2D eigenvalue weighted by Crippen LogP contribution is 2.31. The number of amides is 1. The van der Waals surface area contributed by atoms with E-state index in [9.17, 15) is 18.4 Å². The summed E-state index contributed by atoms with van der Waals surface area (Å²) in [5.41, 5.74) is 2.30. The first-order valence-electron chi connectivity index (χ1n) is 10.3. The first kappa shape index (κ1) is 21.6. The van der Waals surface area contributed by atoms with Gasteiger partial charge < -0.3 is 14.8 Å². The van der Waals surface area contributed by atoms with E-state index >= 15 is 0 Å². The van der Waals surface area contributed by atoms with Gasteiger partial charge >= 0.3 is 12.3 Å². The fourth-order valence-corrected chi connectivity index (χ4v) is 3.95. The molecule has 0 aliphatic heterocycles. The number of nitrogens with zero attached hydrogens (tertiary/aromatic N) is 2. The first-order chi connectivity index (χ1) is 15.5. The molecule has 1 aliphatic rings. The number of ether oxygens (including phenoxy) is 2. The van der Waals surface area contributed by atoms with Crippen molar-refractivity contribution in [3.63, 3.8) is 0 Å². The highest BCUT2D eigenvalue weighted by atomic mass is 19.3. The molecule has 1 amide bonds. The van der Waals surface area contributed by atoms with Crippen LogP contribution in [0.25, 0.3) is 16.7 Å². The summed E-state index contributed by atoms with van der Waals surface area (Å²) >= 11 is 0. The average Bonchev–Trinajstić information content (AvgIpc) is 3.05. The highest BCUT2D eigenvalue weighted by Gasteiger charge is 2.19. The maximum atomic E-state index is 13.2. The van der Waals surface area contributed by atoms with Crippen molar-refractivity contribution in [2.75, 3.05) is 12.4 Å². The molecule has 0 spiro atoms. The van der Waals surface area contributed by atoms with Crippen LogP contribution in [0.4, 0.5) is 14.5 Å². The van der Waals surface area contributed by atoms with Crippen molar-refractivity contribution in [3.05, 3.63) is 59.0 Å². The summed E-state index contributed by atoms with van der Waals surface area (Å²) < 4.78 is 37.9. The smallest absolute Gasteiger partial charge is 0.387 e. The van der Waals surface area contributed by atoms with Gasteiger partial charge in [0.15, 0.2) is 11.5 Å². The summed E-state index contributed by atoms with van der Waals surface area (Å²) in [6.45, 7) is -3.26. The number of benzene rings is 2. The largest absolute Gasteiger partial charge is 0.493 e. The van der Waals surface area contributed by atoms with Crippen LogP contribution < -0.4 is 20.5 Å². The van der Waals surface area contributed by atoms with Crippen molar-refractivity contribution in [2.45, 2.75) is 38.8 Å². The molecule has 7 nitrogen and oxygen atoms in total. The topological polar surface area (TPSA) is 74.5 Å². The predicted octanol–water partition coefficient (Wildman–Crippen LogP) is 4.47. The molecular formula is C23H23F2N3O4. The average molecular weight is 443 g/mol. The molecule has 1 N–H and O–H groups in total. The number of carbonyl (C=O) groups excluding carboxylic acids is 1. The number of fused-ring (bicyclic) bond motifs is 1. The number of nitrogens with one attached hydrogen (secondary N) is 1. The van der Waals surface area contributed by atoms with Crippen molar-refractivity contribution in [1.82, 2.24) is 9.13 Å². The minimum Gasteiger partial charge on any atom is -0.493 e. The van der Waals surface area contributed by atoms with Crippen LogP contribution in [0.3, 0.4) is 0 Å². The van der Waals surface area contributed by atoms with Crippen molar-refractivity contribution in [2.24, 2.45) is 0 Å². The SMILES string of the molecule is COc1ccc(NC(=O)Cn2c(=O)n(C3=CCCCC3)c3ccccc32)cc1OC(F)F. The number of carbonyl (C=O) groups is 1. The number of aromatic nitrogens is 2. The molecule has 0 fully saturated rings. The van der Waals surface area contributed by atoms with Crippen molar-refractivity contribution < 1.29 is 23.0 Å². The molecule has 9 heteroatoms. The first-order valence-corrected chi connectivity index (χ1v) is 10.3. The van der Waals surface area contributed by atoms with Gasteiger partial charge in [-0.15, -0.1) is 0 Å². The number of para-hydroxylation sites is 2. The van der Waals surface area contributed by atoms with E-state index in [2.05, 4.69) is 16.1 Å². The molecule has 0 saturated carbocycles. The third kappa shape index (κ3) is 4.37. The van der Waals surface area contributed by atoms with Gasteiger partial charge in [-0.1, -0.05) is 18.2 Å². The van der Waals surface area contributed by atoms with Crippen LogP contribution in [0.1, 0.15) is 25.7 Å². The van der Waals surface area contributed by atoms with E-state index < -0.39 is 12.5 Å². The standard InChI is InChI=1S/C23H23F2N3O4/c1-31-19-12-11-15(13-20(19)32-22(24)25)26-21(29)14-27-17-9-5-6-10-18(17)28(23(27)30)16-7-3-2-4-8-16/h5-7,9-13,22H,2-4,8,14H2,1H3,(H,26,29). The van der Waals surface area contributed by atoms with Crippen LogP contribution in [0.5, 0.6) is 11.5 Å². The van der Waals surface area contributed by atoms with Gasteiger partial charge in [-0.05, 0) is 49.9 Å². The molecule has 32 heavy (non-hydrogen) atoms. The molecule has 3 aromatic rings. The molecule has 0 unspecified atom stereocenters. The van der Waals surface area contributed by atoms with Gasteiger partial charge in [0, 0.05) is 17.5 Å². The third-order valence-corrected chi connectivity index (χ3v) is 5.35. The normalized spacial score (nSPS) is 13.8. The predicted molar refractivity (Wildman–Crippen MR) is 117 cm³/mol. The molecule has 168 valence electrons. The zero-order valence-corrected chi connectivity index (χ0v) is 17.5. The molecular weight excluding hydrogens is 420 g/mol. The van der Waals surface area contributed by atoms with Gasteiger partial charge in [-0.25, -0.2) is 4.79 Å². The zero-order chi connectivity index (χ0) is 22.7. The lowest BCUT2D eigenvalue weighted by atomic mass is 10.0. The maximum absolute atomic E-state index is 13.2. The second kappa shape index (κ2) is 9.25. The van der Waals surface area contributed by atoms with Gasteiger partial charge in [0.25, 0.3) is 0 Å². The number of hydrogen-bond donors (Lipinski definition) is 1. The Morgan fingerprint density at radius 1 is 1.12 bits per heavy atom. The molecule has 1 heterocycles. The zero-order valence-electron chi connectivity index (χ0n) is 17.5. The van der Waals surface area contributed by atoms with Gasteiger partial charge in [-0.2, -0.15) is 8.78 Å². The van der Waals surface area contributed by atoms with Crippen LogP contribution in [0, 0.1) is 0 Å². The Hall–Kier alpha value is -3.62.